The summed E-state index contributed by atoms with van der Waals surface area (Å²) in [5, 5.41) is 5.07. The molecular formula is C24H23N5OS. The molecule has 0 bridgehead atoms. The van der Waals surface area contributed by atoms with Crippen LogP contribution in [0, 0.1) is 0 Å². The highest BCUT2D eigenvalue weighted by atomic mass is 32.1. The number of pyridine rings is 2. The molecule has 1 aliphatic heterocycles. The van der Waals surface area contributed by atoms with Crippen LogP contribution in [0.5, 0.6) is 0 Å². The number of anilines is 1. The number of ketones is 1. The summed E-state index contributed by atoms with van der Waals surface area (Å²) in [7, 11) is 2.13. The summed E-state index contributed by atoms with van der Waals surface area (Å²) >= 11 is 1.61. The summed E-state index contributed by atoms with van der Waals surface area (Å²) in [5.74, 6) is 0.962. The van der Waals surface area contributed by atoms with Crippen molar-refractivity contribution < 1.29 is 4.79 Å². The van der Waals surface area contributed by atoms with Gasteiger partial charge in [-0.3, -0.25) is 9.78 Å². The molecule has 1 fully saturated rings. The van der Waals surface area contributed by atoms with E-state index < -0.39 is 0 Å². The first kappa shape index (κ1) is 19.8. The van der Waals surface area contributed by atoms with Crippen LogP contribution in [-0.2, 0) is 6.42 Å². The van der Waals surface area contributed by atoms with Gasteiger partial charge in [-0.15, -0.1) is 11.3 Å². The summed E-state index contributed by atoms with van der Waals surface area (Å²) in [5.41, 5.74) is 2.46. The van der Waals surface area contributed by atoms with Crippen molar-refractivity contribution in [2.45, 2.75) is 6.42 Å². The number of aromatic nitrogens is 3. The third-order valence-electron chi connectivity index (χ3n) is 5.70. The Balaban J connectivity index is 1.31. The normalized spacial score (nSPS) is 14.8. The molecule has 0 saturated carbocycles. The van der Waals surface area contributed by atoms with E-state index in [2.05, 4.69) is 43.9 Å². The minimum Gasteiger partial charge on any atom is -0.354 e. The maximum Gasteiger partial charge on any atom is 0.170 e. The van der Waals surface area contributed by atoms with E-state index in [9.17, 15) is 4.79 Å². The molecule has 0 aliphatic carbocycles. The van der Waals surface area contributed by atoms with Crippen molar-refractivity contribution in [3.8, 4) is 10.6 Å². The first-order valence-corrected chi connectivity index (χ1v) is 11.2. The van der Waals surface area contributed by atoms with Gasteiger partial charge in [0, 0.05) is 72.4 Å². The Morgan fingerprint density at radius 1 is 0.968 bits per heavy atom. The Hall–Kier alpha value is -3.16. The number of nitrogens with zero attached hydrogens (tertiary/aromatic N) is 5. The summed E-state index contributed by atoms with van der Waals surface area (Å²) in [6.45, 7) is 3.97. The molecule has 4 heterocycles. The number of carbonyl (C=O) groups excluding carboxylic acids is 1. The van der Waals surface area contributed by atoms with Crippen LogP contribution in [0.3, 0.4) is 0 Å². The van der Waals surface area contributed by atoms with Crippen LogP contribution in [0.4, 0.5) is 5.82 Å². The standard InChI is InChI=1S/C24H23N5OS/c1-28-7-9-29(10-8-28)23-5-4-19(16-27-23)22(30)14-21-13-20-12-17(24-25-6-11-31-24)2-3-18(20)15-26-21/h2-6,11-13,15-16H,7-10,14H2,1H3. The zero-order valence-electron chi connectivity index (χ0n) is 17.4. The van der Waals surface area contributed by atoms with Crippen LogP contribution in [-0.4, -0.2) is 58.9 Å². The fourth-order valence-corrected chi connectivity index (χ4v) is 4.46. The van der Waals surface area contributed by atoms with Gasteiger partial charge in [0.1, 0.15) is 10.8 Å². The highest BCUT2D eigenvalue weighted by Gasteiger charge is 2.16. The van der Waals surface area contributed by atoms with Gasteiger partial charge in [0.25, 0.3) is 0 Å². The SMILES string of the molecule is CN1CCN(c2ccc(C(=O)Cc3cc4cc(-c5nccs5)ccc4cn3)cn2)CC1. The molecule has 0 unspecified atom stereocenters. The second-order valence-electron chi connectivity index (χ2n) is 7.87. The van der Waals surface area contributed by atoms with Crippen LogP contribution in [0.25, 0.3) is 21.3 Å². The molecule has 4 aromatic rings. The predicted molar refractivity (Wildman–Crippen MR) is 125 cm³/mol. The minimum absolute atomic E-state index is 0.0281. The molecule has 0 atom stereocenters. The number of thiazole rings is 1. The number of benzene rings is 1. The molecule has 1 aliphatic rings. The molecule has 31 heavy (non-hydrogen) atoms. The lowest BCUT2D eigenvalue weighted by Crippen LogP contribution is -2.44. The minimum atomic E-state index is 0.0281. The van der Waals surface area contributed by atoms with E-state index in [0.29, 0.717) is 5.56 Å². The lowest BCUT2D eigenvalue weighted by molar-refractivity contribution is 0.0991. The van der Waals surface area contributed by atoms with E-state index >= 15 is 0 Å². The molecule has 0 amide bonds. The highest BCUT2D eigenvalue weighted by Crippen LogP contribution is 2.26. The van der Waals surface area contributed by atoms with E-state index in [4.69, 9.17) is 0 Å². The summed E-state index contributed by atoms with van der Waals surface area (Å²) in [4.78, 5) is 30.8. The molecule has 5 rings (SSSR count). The van der Waals surface area contributed by atoms with Crippen molar-refractivity contribution in [1.29, 1.82) is 0 Å². The molecule has 1 aromatic carbocycles. The molecule has 0 radical (unpaired) electrons. The van der Waals surface area contributed by atoms with Gasteiger partial charge >= 0.3 is 0 Å². The van der Waals surface area contributed by atoms with E-state index in [1.54, 1.807) is 17.5 Å². The van der Waals surface area contributed by atoms with Crippen molar-refractivity contribution in [3.63, 3.8) is 0 Å². The van der Waals surface area contributed by atoms with Crippen LogP contribution >= 0.6 is 11.3 Å². The number of rotatable bonds is 5. The van der Waals surface area contributed by atoms with Gasteiger partial charge in [-0.1, -0.05) is 12.1 Å². The smallest absolute Gasteiger partial charge is 0.170 e. The molecule has 3 aromatic heterocycles. The summed E-state index contributed by atoms with van der Waals surface area (Å²) in [6.07, 6.45) is 5.59. The van der Waals surface area contributed by atoms with Gasteiger partial charge in [0.2, 0.25) is 0 Å². The second kappa shape index (κ2) is 8.53. The predicted octanol–water partition coefficient (Wildman–Crippen LogP) is 3.93. The molecule has 1 saturated heterocycles. The lowest BCUT2D eigenvalue weighted by Gasteiger charge is -2.33. The van der Waals surface area contributed by atoms with Crippen molar-refractivity contribution in [2.24, 2.45) is 0 Å². The number of likely N-dealkylation sites (N-methyl/N-ethyl adjacent to an activating group) is 1. The van der Waals surface area contributed by atoms with Gasteiger partial charge in [0.15, 0.2) is 5.78 Å². The first-order valence-electron chi connectivity index (χ1n) is 10.4. The van der Waals surface area contributed by atoms with E-state index in [0.717, 1.165) is 59.0 Å². The number of Topliss-reactive ketones (excluding diaryl/α,β-unsaturated/α-hetero) is 1. The summed E-state index contributed by atoms with van der Waals surface area (Å²) < 4.78 is 0. The quantitative estimate of drug-likeness (QED) is 0.448. The number of carbonyl (C=O) groups is 1. The Labute approximate surface area is 185 Å². The average Bonchev–Trinajstić information content (AvgIpc) is 3.34. The van der Waals surface area contributed by atoms with Gasteiger partial charge in [-0.2, -0.15) is 0 Å². The second-order valence-corrected chi connectivity index (χ2v) is 8.76. The van der Waals surface area contributed by atoms with E-state index in [1.807, 2.05) is 42.0 Å². The summed E-state index contributed by atoms with van der Waals surface area (Å²) in [6, 6.07) is 12.0. The highest BCUT2D eigenvalue weighted by molar-refractivity contribution is 7.13. The van der Waals surface area contributed by atoms with Crippen LogP contribution in [0.1, 0.15) is 16.1 Å². The third-order valence-corrected chi connectivity index (χ3v) is 6.52. The van der Waals surface area contributed by atoms with Crippen LogP contribution < -0.4 is 4.90 Å². The molecule has 7 heteroatoms. The van der Waals surface area contributed by atoms with Crippen molar-refractivity contribution in [3.05, 3.63) is 71.6 Å². The Bertz CT molecular complexity index is 1200. The molecule has 0 N–H and O–H groups in total. The van der Waals surface area contributed by atoms with Crippen molar-refractivity contribution in [1.82, 2.24) is 19.9 Å². The fourth-order valence-electron chi connectivity index (χ4n) is 3.82. The topological polar surface area (TPSA) is 62.2 Å². The molecular weight excluding hydrogens is 406 g/mol. The van der Waals surface area contributed by atoms with Crippen molar-refractivity contribution >= 4 is 33.7 Å². The van der Waals surface area contributed by atoms with Crippen molar-refractivity contribution in [2.75, 3.05) is 38.1 Å². The number of hydrogen-bond donors (Lipinski definition) is 0. The number of fused-ring (bicyclic) bond motifs is 1. The monoisotopic (exact) mass is 429 g/mol. The Morgan fingerprint density at radius 2 is 1.84 bits per heavy atom. The van der Waals surface area contributed by atoms with Gasteiger partial charge < -0.3 is 9.80 Å². The third kappa shape index (κ3) is 4.33. The molecule has 6 nitrogen and oxygen atoms in total. The van der Waals surface area contributed by atoms with Crippen LogP contribution in [0.15, 0.2) is 60.4 Å². The Morgan fingerprint density at radius 3 is 2.58 bits per heavy atom. The van der Waals surface area contributed by atoms with Gasteiger partial charge in [-0.25, -0.2) is 9.97 Å². The maximum absolute atomic E-state index is 12.8. The van der Waals surface area contributed by atoms with Crippen LogP contribution in [0.2, 0.25) is 0 Å². The number of hydrogen-bond acceptors (Lipinski definition) is 7. The molecule has 0 spiro atoms. The Kier molecular flexibility index (Phi) is 5.44. The molecule has 156 valence electrons. The lowest BCUT2D eigenvalue weighted by atomic mass is 10.0. The largest absolute Gasteiger partial charge is 0.354 e. The van der Waals surface area contributed by atoms with E-state index in [1.165, 1.54) is 0 Å². The fraction of sp³-hybridized carbons (Fsp3) is 0.250. The number of piperazine rings is 1. The average molecular weight is 430 g/mol. The zero-order chi connectivity index (χ0) is 21.2. The van der Waals surface area contributed by atoms with Gasteiger partial charge in [0.05, 0.1) is 6.42 Å². The zero-order valence-corrected chi connectivity index (χ0v) is 18.2. The van der Waals surface area contributed by atoms with Gasteiger partial charge in [-0.05, 0) is 36.7 Å². The van der Waals surface area contributed by atoms with E-state index in [-0.39, 0.29) is 12.2 Å². The first-order chi connectivity index (χ1) is 15.2. The maximum atomic E-state index is 12.8.